The first kappa shape index (κ1) is 24.9. The predicted molar refractivity (Wildman–Crippen MR) is 104 cm³/mol. The minimum Gasteiger partial charge on any atom is -0.394 e. The second kappa shape index (κ2) is 10.3. The van der Waals surface area contributed by atoms with Crippen LogP contribution >= 0.6 is 7.82 Å². The Labute approximate surface area is 172 Å². The third-order valence-corrected chi connectivity index (χ3v) is 4.76. The maximum absolute atomic E-state index is 12.8. The van der Waals surface area contributed by atoms with Gasteiger partial charge in [0.15, 0.2) is 5.52 Å². The van der Waals surface area contributed by atoms with Crippen molar-refractivity contribution in [1.82, 2.24) is 19.1 Å². The van der Waals surface area contributed by atoms with Gasteiger partial charge in [-0.25, -0.2) is 14.2 Å². The molecule has 2 aromatic rings. The Morgan fingerprint density at radius 2 is 1.71 bits per heavy atom. The van der Waals surface area contributed by atoms with Crippen LogP contribution in [0.5, 0.6) is 0 Å². The van der Waals surface area contributed by atoms with E-state index >= 15 is 0 Å². The molecule has 2 aromatic heterocycles. The van der Waals surface area contributed by atoms with Gasteiger partial charge in [-0.1, -0.05) is 12.2 Å². The number of phosphoric ester groups is 1. The zero-order chi connectivity index (χ0) is 23.3. The zero-order valence-corrected chi connectivity index (χ0v) is 16.9. The van der Waals surface area contributed by atoms with E-state index in [1.807, 2.05) is 4.98 Å². The van der Waals surface area contributed by atoms with Gasteiger partial charge in [0, 0.05) is 6.54 Å². The van der Waals surface area contributed by atoms with Crippen LogP contribution in [-0.2, 0) is 22.2 Å². The van der Waals surface area contributed by atoms with Crippen molar-refractivity contribution >= 4 is 19.0 Å². The Morgan fingerprint density at radius 3 is 2.32 bits per heavy atom. The molecule has 15 nitrogen and oxygen atoms in total. The Balaban J connectivity index is 2.34. The molecule has 0 fully saturated rings. The van der Waals surface area contributed by atoms with Crippen LogP contribution in [0.1, 0.15) is 6.42 Å². The largest absolute Gasteiger partial charge is 0.469 e. The second-order valence-electron chi connectivity index (χ2n) is 6.50. The van der Waals surface area contributed by atoms with Gasteiger partial charge < -0.3 is 30.2 Å². The van der Waals surface area contributed by atoms with E-state index in [4.69, 9.17) is 14.9 Å². The van der Waals surface area contributed by atoms with Gasteiger partial charge in [-0.05, 0) is 6.42 Å². The van der Waals surface area contributed by atoms with Crippen molar-refractivity contribution in [1.29, 1.82) is 0 Å². The molecule has 0 bridgehead atoms. The van der Waals surface area contributed by atoms with Crippen molar-refractivity contribution in [3.63, 3.8) is 0 Å². The number of nitrogens with one attached hydrogen (secondary N) is 2. The number of aliphatic hydroxyl groups excluding tert-OH is 4. The highest BCUT2D eigenvalue weighted by Crippen LogP contribution is 2.35. The molecule has 16 heteroatoms. The van der Waals surface area contributed by atoms with Crippen LogP contribution in [0.15, 0.2) is 26.5 Å². The van der Waals surface area contributed by atoms with E-state index in [0.29, 0.717) is 0 Å². The van der Waals surface area contributed by atoms with Crippen molar-refractivity contribution in [3.8, 4) is 0 Å². The van der Waals surface area contributed by atoms with Crippen LogP contribution in [0, 0.1) is 0 Å². The number of fused-ring (bicyclic) bond motifs is 1. The van der Waals surface area contributed by atoms with Crippen molar-refractivity contribution in [2.75, 3.05) is 13.2 Å². The maximum Gasteiger partial charge on any atom is 0.469 e. The number of aromatic amines is 2. The van der Waals surface area contributed by atoms with Gasteiger partial charge in [0.2, 0.25) is 0 Å². The summed E-state index contributed by atoms with van der Waals surface area (Å²) >= 11 is 0. The van der Waals surface area contributed by atoms with E-state index in [1.54, 1.807) is 0 Å². The van der Waals surface area contributed by atoms with Gasteiger partial charge in [0.05, 0.1) is 19.8 Å². The van der Waals surface area contributed by atoms with E-state index in [-0.39, 0.29) is 30.7 Å². The molecule has 0 aliphatic rings. The molecule has 0 aromatic carbocycles. The average Bonchev–Trinajstić information content (AvgIpc) is 2.94. The highest BCUT2D eigenvalue weighted by Gasteiger charge is 2.27. The summed E-state index contributed by atoms with van der Waals surface area (Å²) in [6.07, 6.45) is -2.25. The standard InChI is InChI=1S/C15H23N4O11P/c20-7-9(22)11(23)8(21)6-19-12-10(13(24)17-14(25)16-12)18(15(19)26)4-2-1-3-5-30-31(27,28)29/h1-2,8-9,11,20-23H,3-7H2,(H2,27,28,29)(H2,16,17,24,25)/b2-1-/t8-,9-,11+/m1/s1. The molecular formula is C15H23N4O11P. The van der Waals surface area contributed by atoms with Crippen molar-refractivity contribution in [2.45, 2.75) is 37.8 Å². The number of allylic oxidation sites excluding steroid dienone is 1. The number of aliphatic hydroxyl groups is 4. The van der Waals surface area contributed by atoms with Gasteiger partial charge >= 0.3 is 19.2 Å². The van der Waals surface area contributed by atoms with Crippen LogP contribution in [0.3, 0.4) is 0 Å². The molecule has 0 saturated heterocycles. The molecular weight excluding hydrogens is 443 g/mol. The van der Waals surface area contributed by atoms with Gasteiger partial charge in [0.1, 0.15) is 24.0 Å². The summed E-state index contributed by atoms with van der Waals surface area (Å²) in [5, 5.41) is 38.2. The number of rotatable bonds is 11. The Hall–Kier alpha value is -2.36. The number of phosphoric acid groups is 1. The van der Waals surface area contributed by atoms with Crippen LogP contribution in [0.2, 0.25) is 0 Å². The first-order valence-electron chi connectivity index (χ1n) is 8.92. The molecule has 2 rings (SSSR count). The van der Waals surface area contributed by atoms with E-state index in [0.717, 1.165) is 9.13 Å². The predicted octanol–water partition coefficient (Wildman–Crippen LogP) is -3.69. The Kier molecular flexibility index (Phi) is 8.27. The molecule has 0 saturated carbocycles. The highest BCUT2D eigenvalue weighted by molar-refractivity contribution is 7.46. The molecule has 174 valence electrons. The summed E-state index contributed by atoms with van der Waals surface area (Å²) in [4.78, 5) is 58.1. The molecule has 0 radical (unpaired) electrons. The molecule has 0 aliphatic carbocycles. The molecule has 31 heavy (non-hydrogen) atoms. The fourth-order valence-electron chi connectivity index (χ4n) is 2.79. The maximum atomic E-state index is 12.8. The quantitative estimate of drug-likeness (QED) is 0.0910. The van der Waals surface area contributed by atoms with Gasteiger partial charge in [-0.3, -0.25) is 28.4 Å². The third-order valence-electron chi connectivity index (χ3n) is 4.24. The van der Waals surface area contributed by atoms with Crippen LogP contribution in [-0.4, -0.2) is 80.8 Å². The number of aromatic nitrogens is 4. The van der Waals surface area contributed by atoms with Gasteiger partial charge in [0.25, 0.3) is 5.56 Å². The van der Waals surface area contributed by atoms with E-state index < -0.39 is 56.2 Å². The summed E-state index contributed by atoms with van der Waals surface area (Å²) < 4.78 is 16.7. The summed E-state index contributed by atoms with van der Waals surface area (Å²) in [6, 6.07) is 0. The molecule has 0 spiro atoms. The lowest BCUT2D eigenvalue weighted by Crippen LogP contribution is -2.43. The number of hydrogen-bond donors (Lipinski definition) is 8. The second-order valence-corrected chi connectivity index (χ2v) is 7.74. The first-order valence-corrected chi connectivity index (χ1v) is 10.4. The monoisotopic (exact) mass is 466 g/mol. The SMILES string of the molecule is O=c1[nH]c(=O)c2c([nH]1)n(C[C@@H](O)[C@H](O)[C@H](O)CO)c(=O)n2C/C=C\CCOP(=O)(O)O. The van der Waals surface area contributed by atoms with E-state index in [2.05, 4.69) is 9.51 Å². The Bertz CT molecular complexity index is 1140. The smallest absolute Gasteiger partial charge is 0.394 e. The fourth-order valence-corrected chi connectivity index (χ4v) is 3.13. The molecule has 0 aliphatic heterocycles. The van der Waals surface area contributed by atoms with E-state index in [1.165, 1.54) is 12.2 Å². The normalized spacial score (nSPS) is 15.5. The topological polar surface area (TPSA) is 240 Å². The van der Waals surface area contributed by atoms with Crippen LogP contribution < -0.4 is 16.9 Å². The average molecular weight is 466 g/mol. The number of nitrogens with zero attached hydrogens (tertiary/aromatic N) is 2. The van der Waals surface area contributed by atoms with Crippen molar-refractivity contribution in [2.24, 2.45) is 0 Å². The van der Waals surface area contributed by atoms with Crippen molar-refractivity contribution in [3.05, 3.63) is 43.5 Å². The lowest BCUT2D eigenvalue weighted by atomic mass is 10.1. The van der Waals surface area contributed by atoms with E-state index in [9.17, 15) is 34.3 Å². The van der Waals surface area contributed by atoms with Gasteiger partial charge in [-0.2, -0.15) is 0 Å². The minimum atomic E-state index is -4.60. The number of hydrogen-bond acceptors (Lipinski definition) is 9. The summed E-state index contributed by atoms with van der Waals surface area (Å²) in [5.41, 5.74) is -3.10. The Morgan fingerprint density at radius 1 is 1.03 bits per heavy atom. The molecule has 8 N–H and O–H groups in total. The highest BCUT2D eigenvalue weighted by atomic mass is 31.2. The zero-order valence-electron chi connectivity index (χ0n) is 16.0. The van der Waals surface area contributed by atoms with Crippen molar-refractivity contribution < 1.29 is 39.3 Å². The lowest BCUT2D eigenvalue weighted by molar-refractivity contribution is -0.0806. The summed E-state index contributed by atoms with van der Waals surface area (Å²) in [6.45, 7) is -1.92. The molecule has 0 amide bonds. The third kappa shape index (κ3) is 6.32. The number of imidazole rings is 1. The fraction of sp³-hybridized carbons (Fsp3) is 0.533. The summed E-state index contributed by atoms with van der Waals surface area (Å²) in [5.74, 6) is 0. The van der Waals surface area contributed by atoms with Gasteiger partial charge in [-0.15, -0.1) is 0 Å². The first-order chi connectivity index (χ1) is 14.5. The molecule has 3 atom stereocenters. The van der Waals surface area contributed by atoms with Crippen LogP contribution in [0.25, 0.3) is 11.2 Å². The lowest BCUT2D eigenvalue weighted by Gasteiger charge is -2.21. The molecule has 0 unspecified atom stereocenters. The minimum absolute atomic E-state index is 0.0929. The molecule has 2 heterocycles. The summed E-state index contributed by atoms with van der Waals surface area (Å²) in [7, 11) is -4.60. The van der Waals surface area contributed by atoms with Crippen LogP contribution in [0.4, 0.5) is 0 Å². The number of H-pyrrole nitrogens is 2.